The van der Waals surface area contributed by atoms with E-state index in [9.17, 15) is 13.6 Å². The number of carbonyl (C=O) groups is 1. The van der Waals surface area contributed by atoms with Crippen LogP contribution in [-0.4, -0.2) is 5.91 Å². The minimum Gasteiger partial charge on any atom is -0.319 e. The zero-order chi connectivity index (χ0) is 13.8. The first-order valence-corrected chi connectivity index (χ1v) is 5.95. The molecule has 0 aliphatic carbocycles. The molecule has 0 saturated heterocycles. The highest BCUT2D eigenvalue weighted by Crippen LogP contribution is 2.16. The monoisotopic (exact) mass is 261 g/mol. The Morgan fingerprint density at radius 1 is 1.11 bits per heavy atom. The van der Waals surface area contributed by atoms with E-state index >= 15 is 0 Å². The highest BCUT2D eigenvalue weighted by atomic mass is 19.1. The molecule has 0 radical (unpaired) electrons. The van der Waals surface area contributed by atoms with Crippen LogP contribution in [0.5, 0.6) is 0 Å². The van der Waals surface area contributed by atoms with Gasteiger partial charge in [0.25, 0.3) is 5.91 Å². The number of rotatable bonds is 3. The average molecular weight is 261 g/mol. The molecule has 0 heterocycles. The molecular formula is C15H13F2NO. The van der Waals surface area contributed by atoms with E-state index in [0.29, 0.717) is 5.56 Å². The number of carbonyl (C=O) groups excluding carboxylic acids is 1. The maximum Gasteiger partial charge on any atom is 0.255 e. The first kappa shape index (κ1) is 13.2. The van der Waals surface area contributed by atoms with E-state index in [1.807, 2.05) is 19.1 Å². The lowest BCUT2D eigenvalue weighted by atomic mass is 10.1. The minimum absolute atomic E-state index is 0.0361. The molecule has 0 fully saturated rings. The molecular weight excluding hydrogens is 248 g/mol. The van der Waals surface area contributed by atoms with E-state index in [1.54, 1.807) is 12.1 Å². The largest absolute Gasteiger partial charge is 0.319 e. The molecule has 0 aliphatic rings. The highest BCUT2D eigenvalue weighted by molar-refractivity contribution is 6.04. The zero-order valence-corrected chi connectivity index (χ0v) is 10.4. The van der Waals surface area contributed by atoms with Crippen LogP contribution in [-0.2, 0) is 6.42 Å². The van der Waals surface area contributed by atoms with Crippen molar-refractivity contribution in [1.29, 1.82) is 0 Å². The van der Waals surface area contributed by atoms with Gasteiger partial charge in [0.15, 0.2) is 0 Å². The fourth-order valence-electron chi connectivity index (χ4n) is 1.68. The summed E-state index contributed by atoms with van der Waals surface area (Å²) in [6.45, 7) is 2.02. The van der Waals surface area contributed by atoms with E-state index in [0.717, 1.165) is 24.1 Å². The van der Waals surface area contributed by atoms with Gasteiger partial charge in [0.1, 0.15) is 11.6 Å². The van der Waals surface area contributed by atoms with Crippen LogP contribution in [0.15, 0.2) is 42.5 Å². The SMILES string of the molecule is CCc1ccc(C(=O)Nc2ccc(F)cc2F)cc1. The third-order valence-electron chi connectivity index (χ3n) is 2.80. The van der Waals surface area contributed by atoms with Gasteiger partial charge in [-0.2, -0.15) is 0 Å². The Balaban J connectivity index is 2.15. The van der Waals surface area contributed by atoms with Gasteiger partial charge in [-0.25, -0.2) is 8.78 Å². The molecule has 98 valence electrons. The van der Waals surface area contributed by atoms with Crippen LogP contribution in [0.4, 0.5) is 14.5 Å². The van der Waals surface area contributed by atoms with Crippen LogP contribution in [0.25, 0.3) is 0 Å². The molecule has 2 rings (SSSR count). The summed E-state index contributed by atoms with van der Waals surface area (Å²) in [4.78, 5) is 11.9. The van der Waals surface area contributed by atoms with Crippen molar-refractivity contribution in [2.24, 2.45) is 0 Å². The first-order valence-electron chi connectivity index (χ1n) is 5.95. The van der Waals surface area contributed by atoms with Gasteiger partial charge in [0.2, 0.25) is 0 Å². The highest BCUT2D eigenvalue weighted by Gasteiger charge is 2.09. The smallest absolute Gasteiger partial charge is 0.255 e. The second kappa shape index (κ2) is 5.61. The summed E-state index contributed by atoms with van der Waals surface area (Å²) in [6, 6.07) is 10.1. The molecule has 2 aromatic carbocycles. The zero-order valence-electron chi connectivity index (χ0n) is 10.4. The van der Waals surface area contributed by atoms with Crippen LogP contribution < -0.4 is 5.32 Å². The molecule has 0 aliphatic heterocycles. The third-order valence-corrected chi connectivity index (χ3v) is 2.80. The maximum atomic E-state index is 13.4. The van der Waals surface area contributed by atoms with Gasteiger partial charge in [0.05, 0.1) is 5.69 Å². The molecule has 0 unspecified atom stereocenters. The predicted octanol–water partition coefficient (Wildman–Crippen LogP) is 3.78. The topological polar surface area (TPSA) is 29.1 Å². The van der Waals surface area contributed by atoms with Crippen molar-refractivity contribution < 1.29 is 13.6 Å². The summed E-state index contributed by atoms with van der Waals surface area (Å²) in [7, 11) is 0. The summed E-state index contributed by atoms with van der Waals surface area (Å²) in [6.07, 6.45) is 0.883. The van der Waals surface area contributed by atoms with Crippen molar-refractivity contribution in [3.63, 3.8) is 0 Å². The summed E-state index contributed by atoms with van der Waals surface area (Å²) in [5.74, 6) is -1.89. The fourth-order valence-corrected chi connectivity index (χ4v) is 1.68. The van der Waals surface area contributed by atoms with Gasteiger partial charge in [-0.1, -0.05) is 19.1 Å². The van der Waals surface area contributed by atoms with Crippen LogP contribution >= 0.6 is 0 Å². The fraction of sp³-hybridized carbons (Fsp3) is 0.133. The molecule has 1 N–H and O–H groups in total. The second-order valence-electron chi connectivity index (χ2n) is 4.13. The Bertz CT molecular complexity index is 594. The van der Waals surface area contributed by atoms with E-state index in [4.69, 9.17) is 0 Å². The lowest BCUT2D eigenvalue weighted by molar-refractivity contribution is 0.102. The number of hydrogen-bond donors (Lipinski definition) is 1. The first-order chi connectivity index (χ1) is 9.10. The molecule has 4 heteroatoms. The number of halogens is 2. The molecule has 2 nitrogen and oxygen atoms in total. The lowest BCUT2D eigenvalue weighted by Crippen LogP contribution is -2.13. The van der Waals surface area contributed by atoms with Crippen molar-refractivity contribution >= 4 is 11.6 Å². The number of nitrogens with one attached hydrogen (secondary N) is 1. The van der Waals surface area contributed by atoms with Crippen molar-refractivity contribution in [2.45, 2.75) is 13.3 Å². The number of amides is 1. The molecule has 1 amide bonds. The molecule has 0 aromatic heterocycles. The Morgan fingerprint density at radius 2 is 1.79 bits per heavy atom. The second-order valence-corrected chi connectivity index (χ2v) is 4.13. The maximum absolute atomic E-state index is 13.4. The number of anilines is 1. The molecule has 0 atom stereocenters. The standard InChI is InChI=1S/C15H13F2NO/c1-2-10-3-5-11(6-4-10)15(19)18-14-8-7-12(16)9-13(14)17/h3-9H,2H2,1H3,(H,18,19). The minimum atomic E-state index is -0.793. The summed E-state index contributed by atoms with van der Waals surface area (Å²) < 4.78 is 26.1. The van der Waals surface area contributed by atoms with Gasteiger partial charge < -0.3 is 5.32 Å². The van der Waals surface area contributed by atoms with Crippen LogP contribution in [0.2, 0.25) is 0 Å². The number of hydrogen-bond acceptors (Lipinski definition) is 1. The predicted molar refractivity (Wildman–Crippen MR) is 70.1 cm³/mol. The lowest BCUT2D eigenvalue weighted by Gasteiger charge is -2.07. The van der Waals surface area contributed by atoms with Gasteiger partial charge in [-0.15, -0.1) is 0 Å². The van der Waals surface area contributed by atoms with Gasteiger partial charge in [0, 0.05) is 11.6 Å². The van der Waals surface area contributed by atoms with Crippen LogP contribution in [0.1, 0.15) is 22.8 Å². The normalized spacial score (nSPS) is 10.3. The molecule has 2 aromatic rings. The van der Waals surface area contributed by atoms with Gasteiger partial charge in [-0.05, 0) is 36.2 Å². The van der Waals surface area contributed by atoms with E-state index < -0.39 is 17.5 Å². The molecule has 0 saturated carbocycles. The number of aryl methyl sites for hydroxylation is 1. The Morgan fingerprint density at radius 3 is 2.37 bits per heavy atom. The quantitative estimate of drug-likeness (QED) is 0.895. The summed E-state index contributed by atoms with van der Waals surface area (Å²) in [5, 5.41) is 2.41. The average Bonchev–Trinajstić information content (AvgIpc) is 2.42. The Kier molecular flexibility index (Phi) is 3.90. The molecule has 0 spiro atoms. The van der Waals surface area contributed by atoms with Gasteiger partial charge in [-0.3, -0.25) is 4.79 Å². The van der Waals surface area contributed by atoms with Crippen molar-refractivity contribution in [1.82, 2.24) is 0 Å². The van der Waals surface area contributed by atoms with Gasteiger partial charge >= 0.3 is 0 Å². The summed E-state index contributed by atoms with van der Waals surface area (Å²) >= 11 is 0. The summed E-state index contributed by atoms with van der Waals surface area (Å²) in [5.41, 5.74) is 1.51. The number of benzene rings is 2. The van der Waals surface area contributed by atoms with Crippen LogP contribution in [0, 0.1) is 11.6 Å². The van der Waals surface area contributed by atoms with E-state index in [1.165, 1.54) is 6.07 Å². The van der Waals surface area contributed by atoms with Crippen molar-refractivity contribution in [3.05, 3.63) is 65.2 Å². The molecule has 19 heavy (non-hydrogen) atoms. The van der Waals surface area contributed by atoms with Crippen molar-refractivity contribution in [3.8, 4) is 0 Å². The Hall–Kier alpha value is -2.23. The molecule has 0 bridgehead atoms. The third kappa shape index (κ3) is 3.16. The van der Waals surface area contributed by atoms with E-state index in [-0.39, 0.29) is 5.69 Å². The Labute approximate surface area is 110 Å². The van der Waals surface area contributed by atoms with Crippen LogP contribution in [0.3, 0.4) is 0 Å². The van der Waals surface area contributed by atoms with E-state index in [2.05, 4.69) is 5.32 Å². The van der Waals surface area contributed by atoms with Crippen molar-refractivity contribution in [2.75, 3.05) is 5.32 Å².